The molecule has 0 bridgehead atoms. The molecule has 0 aromatic carbocycles. The Morgan fingerprint density at radius 3 is 2.18 bits per heavy atom. The maximum absolute atomic E-state index is 11.4. The monoisotopic (exact) mass is 241 g/mol. The number of rotatable bonds is 5. The van der Waals surface area contributed by atoms with Crippen LogP contribution in [0.2, 0.25) is 0 Å². The standard InChI is InChI=1S/C14H27NO2/c1-11(2)14(6,7)8-9-15-10-12(16)17-13(3,4)5/h9,11H,8,10H2,1-7H3. The van der Waals surface area contributed by atoms with Gasteiger partial charge in [-0.25, -0.2) is 0 Å². The van der Waals surface area contributed by atoms with Gasteiger partial charge in [-0.1, -0.05) is 27.7 Å². The van der Waals surface area contributed by atoms with E-state index in [2.05, 4.69) is 32.7 Å². The third kappa shape index (κ3) is 7.94. The highest BCUT2D eigenvalue weighted by Crippen LogP contribution is 2.28. The predicted molar refractivity (Wildman–Crippen MR) is 72.4 cm³/mol. The average molecular weight is 241 g/mol. The quantitative estimate of drug-likeness (QED) is 0.546. The molecule has 0 aliphatic rings. The molecule has 3 nitrogen and oxygen atoms in total. The molecule has 0 saturated carbocycles. The molecule has 0 unspecified atom stereocenters. The van der Waals surface area contributed by atoms with Gasteiger partial charge >= 0.3 is 5.97 Å². The van der Waals surface area contributed by atoms with Gasteiger partial charge in [0.05, 0.1) is 0 Å². The number of aliphatic imine (C=N–C) groups is 1. The Bertz CT molecular complexity index is 272. The van der Waals surface area contributed by atoms with E-state index in [1.165, 1.54) is 0 Å². The highest BCUT2D eigenvalue weighted by molar-refractivity contribution is 5.74. The first-order valence-electron chi connectivity index (χ1n) is 6.25. The molecule has 0 spiro atoms. The summed E-state index contributed by atoms with van der Waals surface area (Å²) in [6.45, 7) is 14.5. The Kier molecular flexibility index (Phi) is 5.86. The third-order valence-corrected chi connectivity index (χ3v) is 2.95. The van der Waals surface area contributed by atoms with Crippen molar-refractivity contribution in [2.75, 3.05) is 6.54 Å². The molecule has 0 amide bonds. The van der Waals surface area contributed by atoms with Gasteiger partial charge in [0.15, 0.2) is 0 Å². The number of hydrogen-bond donors (Lipinski definition) is 0. The van der Waals surface area contributed by atoms with Crippen LogP contribution in [0.3, 0.4) is 0 Å². The molecule has 0 atom stereocenters. The van der Waals surface area contributed by atoms with Crippen LogP contribution in [0, 0.1) is 11.3 Å². The first-order valence-corrected chi connectivity index (χ1v) is 6.25. The van der Waals surface area contributed by atoms with E-state index in [4.69, 9.17) is 4.74 Å². The van der Waals surface area contributed by atoms with Crippen LogP contribution < -0.4 is 0 Å². The lowest BCUT2D eigenvalue weighted by Crippen LogP contribution is -2.25. The van der Waals surface area contributed by atoms with Crippen LogP contribution in [0.5, 0.6) is 0 Å². The van der Waals surface area contributed by atoms with Crippen LogP contribution in [-0.2, 0) is 9.53 Å². The normalized spacial score (nSPS) is 13.4. The Hall–Kier alpha value is -0.860. The van der Waals surface area contributed by atoms with Crippen LogP contribution in [0.15, 0.2) is 4.99 Å². The van der Waals surface area contributed by atoms with E-state index in [-0.39, 0.29) is 17.9 Å². The van der Waals surface area contributed by atoms with Gasteiger partial charge in [0.1, 0.15) is 12.1 Å². The topological polar surface area (TPSA) is 38.7 Å². The summed E-state index contributed by atoms with van der Waals surface area (Å²) in [7, 11) is 0. The van der Waals surface area contributed by atoms with Crippen molar-refractivity contribution in [1.82, 2.24) is 0 Å². The molecule has 0 aliphatic heterocycles. The Morgan fingerprint density at radius 1 is 1.24 bits per heavy atom. The van der Waals surface area contributed by atoms with E-state index in [1.807, 2.05) is 27.0 Å². The van der Waals surface area contributed by atoms with Gasteiger partial charge in [0, 0.05) is 0 Å². The van der Waals surface area contributed by atoms with E-state index < -0.39 is 5.60 Å². The summed E-state index contributed by atoms with van der Waals surface area (Å²) in [5, 5.41) is 0. The first kappa shape index (κ1) is 16.1. The fourth-order valence-corrected chi connectivity index (χ4v) is 1.05. The van der Waals surface area contributed by atoms with Crippen LogP contribution in [0.25, 0.3) is 0 Å². The smallest absolute Gasteiger partial charge is 0.328 e. The van der Waals surface area contributed by atoms with Crippen molar-refractivity contribution in [2.45, 2.75) is 60.5 Å². The molecule has 0 N–H and O–H groups in total. The van der Waals surface area contributed by atoms with Crippen molar-refractivity contribution in [3.05, 3.63) is 0 Å². The Balaban J connectivity index is 4.01. The fraction of sp³-hybridized carbons (Fsp3) is 0.857. The summed E-state index contributed by atoms with van der Waals surface area (Å²) in [6.07, 6.45) is 2.72. The molecular formula is C14H27NO2. The maximum Gasteiger partial charge on any atom is 0.328 e. The summed E-state index contributed by atoms with van der Waals surface area (Å²) < 4.78 is 5.16. The molecular weight excluding hydrogens is 214 g/mol. The first-order chi connectivity index (χ1) is 7.54. The second-order valence-electron chi connectivity index (χ2n) is 6.46. The molecule has 0 fully saturated rings. The lowest BCUT2D eigenvalue weighted by molar-refractivity contribution is -0.152. The second-order valence-corrected chi connectivity index (χ2v) is 6.46. The van der Waals surface area contributed by atoms with Crippen molar-refractivity contribution in [1.29, 1.82) is 0 Å². The molecule has 0 heterocycles. The van der Waals surface area contributed by atoms with Crippen LogP contribution in [0.1, 0.15) is 54.9 Å². The van der Waals surface area contributed by atoms with Gasteiger partial charge in [-0.2, -0.15) is 0 Å². The second kappa shape index (κ2) is 6.18. The van der Waals surface area contributed by atoms with Crippen molar-refractivity contribution in [3.63, 3.8) is 0 Å². The van der Waals surface area contributed by atoms with Crippen molar-refractivity contribution >= 4 is 12.2 Å². The maximum atomic E-state index is 11.4. The Morgan fingerprint density at radius 2 is 1.76 bits per heavy atom. The van der Waals surface area contributed by atoms with E-state index in [0.29, 0.717) is 5.92 Å². The van der Waals surface area contributed by atoms with E-state index in [0.717, 1.165) is 6.42 Å². The zero-order valence-corrected chi connectivity index (χ0v) is 12.3. The number of hydrogen-bond acceptors (Lipinski definition) is 3. The number of carbonyl (C=O) groups is 1. The minimum absolute atomic E-state index is 0.117. The highest BCUT2D eigenvalue weighted by atomic mass is 16.6. The zero-order valence-electron chi connectivity index (χ0n) is 12.3. The molecule has 17 heavy (non-hydrogen) atoms. The lowest BCUT2D eigenvalue weighted by atomic mass is 9.79. The summed E-state index contributed by atoms with van der Waals surface area (Å²) in [6, 6.07) is 0. The largest absolute Gasteiger partial charge is 0.459 e. The fourth-order valence-electron chi connectivity index (χ4n) is 1.05. The summed E-state index contributed by atoms with van der Waals surface area (Å²) in [4.78, 5) is 15.5. The van der Waals surface area contributed by atoms with Gasteiger partial charge < -0.3 is 4.74 Å². The number of carbonyl (C=O) groups excluding carboxylic acids is 1. The molecule has 0 rings (SSSR count). The van der Waals surface area contributed by atoms with Gasteiger partial charge in [-0.15, -0.1) is 0 Å². The van der Waals surface area contributed by atoms with Crippen LogP contribution in [-0.4, -0.2) is 24.3 Å². The molecule has 3 heteroatoms. The van der Waals surface area contributed by atoms with Gasteiger partial charge in [-0.3, -0.25) is 9.79 Å². The van der Waals surface area contributed by atoms with E-state index in [1.54, 1.807) is 0 Å². The lowest BCUT2D eigenvalue weighted by Gasteiger charge is -2.27. The van der Waals surface area contributed by atoms with Crippen LogP contribution >= 0.6 is 0 Å². The minimum atomic E-state index is -0.427. The van der Waals surface area contributed by atoms with Crippen LogP contribution in [0.4, 0.5) is 0 Å². The third-order valence-electron chi connectivity index (χ3n) is 2.95. The van der Waals surface area contributed by atoms with Crippen molar-refractivity contribution in [3.8, 4) is 0 Å². The summed E-state index contributed by atoms with van der Waals surface area (Å²) >= 11 is 0. The van der Waals surface area contributed by atoms with Gasteiger partial charge in [0.2, 0.25) is 0 Å². The summed E-state index contributed by atoms with van der Waals surface area (Å²) in [5.41, 5.74) is -0.207. The van der Waals surface area contributed by atoms with Gasteiger partial charge in [-0.05, 0) is 44.7 Å². The molecule has 0 saturated heterocycles. The van der Waals surface area contributed by atoms with Crippen molar-refractivity contribution < 1.29 is 9.53 Å². The number of ether oxygens (including phenoxy) is 1. The van der Waals surface area contributed by atoms with E-state index in [9.17, 15) is 4.79 Å². The van der Waals surface area contributed by atoms with E-state index >= 15 is 0 Å². The number of nitrogens with zero attached hydrogens (tertiary/aromatic N) is 1. The molecule has 0 aromatic rings. The van der Waals surface area contributed by atoms with Gasteiger partial charge in [0.25, 0.3) is 0 Å². The SMILES string of the molecule is CC(C)C(C)(C)CC=NCC(=O)OC(C)(C)C. The molecule has 0 radical (unpaired) electrons. The van der Waals surface area contributed by atoms with Crippen molar-refractivity contribution in [2.24, 2.45) is 16.3 Å². The number of esters is 1. The molecule has 0 aliphatic carbocycles. The minimum Gasteiger partial charge on any atom is -0.459 e. The zero-order chi connectivity index (χ0) is 13.7. The Labute approximate surface area is 106 Å². The molecule has 0 aromatic heterocycles. The summed E-state index contributed by atoms with van der Waals surface area (Å²) in [5.74, 6) is 0.326. The molecule has 100 valence electrons. The average Bonchev–Trinajstić information content (AvgIpc) is 2.09. The predicted octanol–water partition coefficient (Wildman–Crippen LogP) is 3.47. The highest BCUT2D eigenvalue weighted by Gasteiger charge is 2.20.